The van der Waals surface area contributed by atoms with Crippen molar-refractivity contribution < 1.29 is 9.59 Å². The molecule has 2 aromatic carbocycles. The minimum atomic E-state index is -1.74. The van der Waals surface area contributed by atoms with Crippen LogP contribution in [0.15, 0.2) is 48.5 Å². The lowest BCUT2D eigenvalue weighted by Crippen LogP contribution is -2.57. The number of nitrogens with one attached hydrogen (secondary N) is 1. The van der Waals surface area contributed by atoms with Gasteiger partial charge in [-0.1, -0.05) is 48.5 Å². The maximum absolute atomic E-state index is 12.8. The predicted molar refractivity (Wildman–Crippen MR) is 85.8 cm³/mol. The van der Waals surface area contributed by atoms with Crippen LogP contribution in [0.1, 0.15) is 34.1 Å². The predicted octanol–water partition coefficient (Wildman–Crippen LogP) is 1.95. The van der Waals surface area contributed by atoms with E-state index in [1.807, 2.05) is 48.5 Å². The van der Waals surface area contributed by atoms with Gasteiger partial charge < -0.3 is 0 Å². The van der Waals surface area contributed by atoms with E-state index in [4.69, 9.17) is 0 Å². The van der Waals surface area contributed by atoms with Crippen molar-refractivity contribution in [3.05, 3.63) is 70.8 Å². The van der Waals surface area contributed by atoms with Gasteiger partial charge in [-0.05, 0) is 22.3 Å². The molecule has 4 aliphatic rings. The Hall–Kier alpha value is -3.44. The minimum absolute atomic E-state index is 0.638. The maximum Gasteiger partial charge on any atom is 0.250 e. The van der Waals surface area contributed by atoms with Gasteiger partial charge in [-0.25, -0.2) is 0 Å². The zero-order valence-electron chi connectivity index (χ0n) is 13.0. The first kappa shape index (κ1) is 13.9. The van der Waals surface area contributed by atoms with Gasteiger partial charge in [0.1, 0.15) is 0 Å². The van der Waals surface area contributed by atoms with Crippen LogP contribution in [0.4, 0.5) is 0 Å². The van der Waals surface area contributed by atoms with Crippen molar-refractivity contribution >= 4 is 11.8 Å². The number of imide groups is 1. The van der Waals surface area contributed by atoms with Gasteiger partial charge in [0.25, 0.3) is 0 Å². The van der Waals surface area contributed by atoms with Crippen LogP contribution in [0.2, 0.25) is 0 Å². The van der Waals surface area contributed by atoms with E-state index < -0.39 is 34.5 Å². The third-order valence-electron chi connectivity index (χ3n) is 6.02. The van der Waals surface area contributed by atoms with E-state index in [9.17, 15) is 20.1 Å². The molecule has 1 N–H and O–H groups in total. The van der Waals surface area contributed by atoms with E-state index >= 15 is 0 Å². The summed E-state index contributed by atoms with van der Waals surface area (Å²) in [5.74, 6) is -2.61. The van der Waals surface area contributed by atoms with Crippen LogP contribution in [0.5, 0.6) is 0 Å². The first-order valence-corrected chi connectivity index (χ1v) is 7.99. The van der Waals surface area contributed by atoms with Crippen LogP contribution in [-0.2, 0) is 9.59 Å². The molecule has 0 spiro atoms. The first-order chi connectivity index (χ1) is 12.1. The molecule has 1 heterocycles. The van der Waals surface area contributed by atoms with E-state index in [0.29, 0.717) is 0 Å². The Balaban J connectivity index is 2.03. The second-order valence-corrected chi connectivity index (χ2v) is 6.75. The number of nitrogens with zero attached hydrogens (tertiary/aromatic N) is 2. The van der Waals surface area contributed by atoms with E-state index in [-0.39, 0.29) is 0 Å². The van der Waals surface area contributed by atoms with E-state index in [0.717, 1.165) is 22.3 Å². The highest BCUT2D eigenvalue weighted by Crippen LogP contribution is 2.71. The molecule has 118 valence electrons. The molecule has 0 aromatic heterocycles. The number of benzene rings is 2. The largest absolute Gasteiger partial charge is 0.293 e. The molecule has 5 heteroatoms. The molecular weight excluding hydrogens is 314 g/mol. The summed E-state index contributed by atoms with van der Waals surface area (Å²) >= 11 is 0. The SMILES string of the molecule is N#CC12C(=O)NC(=O)C1(C#N)C1c3ccccc3C2c2ccccc21. The molecule has 2 bridgehead atoms. The van der Waals surface area contributed by atoms with Gasteiger partial charge in [0.15, 0.2) is 10.8 Å². The van der Waals surface area contributed by atoms with Crippen molar-refractivity contribution in [1.29, 1.82) is 10.5 Å². The molecule has 1 fully saturated rings. The van der Waals surface area contributed by atoms with Crippen molar-refractivity contribution in [3.8, 4) is 12.1 Å². The summed E-state index contributed by atoms with van der Waals surface area (Å²) in [6, 6.07) is 19.2. The Labute approximate surface area is 143 Å². The Morgan fingerprint density at radius 2 is 1.04 bits per heavy atom. The van der Waals surface area contributed by atoms with Crippen molar-refractivity contribution in [2.45, 2.75) is 11.8 Å². The van der Waals surface area contributed by atoms with Gasteiger partial charge in [0, 0.05) is 11.8 Å². The third kappa shape index (κ3) is 1.18. The molecule has 0 radical (unpaired) electrons. The summed E-state index contributed by atoms with van der Waals surface area (Å²) in [5, 5.41) is 22.5. The highest BCUT2D eigenvalue weighted by Gasteiger charge is 2.79. The second-order valence-electron chi connectivity index (χ2n) is 6.75. The van der Waals surface area contributed by atoms with Crippen LogP contribution >= 0.6 is 0 Å². The fraction of sp³-hybridized carbons (Fsp3) is 0.200. The highest BCUT2D eigenvalue weighted by atomic mass is 16.2. The average Bonchev–Trinajstić information content (AvgIpc) is 2.89. The number of rotatable bonds is 0. The van der Waals surface area contributed by atoms with Crippen molar-refractivity contribution in [1.82, 2.24) is 5.32 Å². The van der Waals surface area contributed by atoms with Crippen molar-refractivity contribution in [3.63, 3.8) is 0 Å². The lowest BCUT2D eigenvalue weighted by Gasteiger charge is -2.53. The van der Waals surface area contributed by atoms with Crippen LogP contribution in [0.3, 0.4) is 0 Å². The number of amides is 2. The summed E-state index contributed by atoms with van der Waals surface area (Å²) in [4.78, 5) is 25.7. The number of carbonyl (C=O) groups is 2. The summed E-state index contributed by atoms with van der Waals surface area (Å²) < 4.78 is 0. The monoisotopic (exact) mass is 325 g/mol. The summed E-state index contributed by atoms with van der Waals surface area (Å²) in [6.07, 6.45) is 0. The van der Waals surface area contributed by atoms with E-state index in [2.05, 4.69) is 17.5 Å². The normalized spacial score (nSPS) is 33.5. The number of carbonyl (C=O) groups excluding carboxylic acids is 2. The zero-order valence-corrected chi connectivity index (χ0v) is 13.0. The Morgan fingerprint density at radius 3 is 1.32 bits per heavy atom. The number of hydrogen-bond acceptors (Lipinski definition) is 4. The molecule has 3 aliphatic carbocycles. The molecule has 1 saturated heterocycles. The highest BCUT2D eigenvalue weighted by molar-refractivity contribution is 6.15. The number of hydrogen-bond donors (Lipinski definition) is 1. The Morgan fingerprint density at radius 1 is 0.720 bits per heavy atom. The van der Waals surface area contributed by atoms with Crippen LogP contribution in [0, 0.1) is 33.5 Å². The first-order valence-electron chi connectivity index (χ1n) is 7.99. The fourth-order valence-electron chi connectivity index (χ4n) is 5.12. The summed E-state index contributed by atoms with van der Waals surface area (Å²) in [6.45, 7) is 0. The van der Waals surface area contributed by atoms with Gasteiger partial charge in [-0.2, -0.15) is 10.5 Å². The van der Waals surface area contributed by atoms with E-state index in [1.54, 1.807) is 0 Å². The Bertz CT molecular complexity index is 945. The van der Waals surface area contributed by atoms with Crippen LogP contribution < -0.4 is 5.32 Å². The molecule has 2 unspecified atom stereocenters. The molecule has 25 heavy (non-hydrogen) atoms. The summed E-state index contributed by atoms with van der Waals surface area (Å²) in [5.41, 5.74) is -0.0859. The smallest absolute Gasteiger partial charge is 0.250 e. The van der Waals surface area contributed by atoms with Gasteiger partial charge in [-0.15, -0.1) is 0 Å². The maximum atomic E-state index is 12.8. The fourth-order valence-corrected chi connectivity index (χ4v) is 5.12. The molecule has 2 amide bonds. The molecule has 6 rings (SSSR count). The standard InChI is InChI=1S/C20H11N3O2/c21-9-19-15-11-5-1-2-6-12(11)16(14-8-4-3-7-13(14)15)20(19,10-22)18(25)23-17(19)24/h1-8,15-16H,(H,23,24,25). The lowest BCUT2D eigenvalue weighted by atomic mass is 9.42. The topological polar surface area (TPSA) is 93.8 Å². The quantitative estimate of drug-likeness (QED) is 0.749. The van der Waals surface area contributed by atoms with Gasteiger partial charge >= 0.3 is 0 Å². The van der Waals surface area contributed by atoms with Crippen molar-refractivity contribution in [2.24, 2.45) is 10.8 Å². The lowest BCUT2D eigenvalue weighted by molar-refractivity contribution is -0.130. The molecule has 5 nitrogen and oxygen atoms in total. The molecule has 1 aliphatic heterocycles. The van der Waals surface area contributed by atoms with Gasteiger partial charge in [0.2, 0.25) is 11.8 Å². The third-order valence-corrected chi connectivity index (χ3v) is 6.02. The molecule has 2 atom stereocenters. The molecule has 0 saturated carbocycles. The van der Waals surface area contributed by atoms with Crippen LogP contribution in [0.25, 0.3) is 0 Å². The van der Waals surface area contributed by atoms with Crippen molar-refractivity contribution in [2.75, 3.05) is 0 Å². The van der Waals surface area contributed by atoms with Crippen LogP contribution in [-0.4, -0.2) is 11.8 Å². The average molecular weight is 325 g/mol. The summed E-state index contributed by atoms with van der Waals surface area (Å²) in [7, 11) is 0. The minimum Gasteiger partial charge on any atom is -0.293 e. The van der Waals surface area contributed by atoms with E-state index in [1.165, 1.54) is 0 Å². The molecular formula is C20H11N3O2. The molecule has 2 aromatic rings. The van der Waals surface area contributed by atoms with Gasteiger partial charge in [0.05, 0.1) is 12.1 Å². The van der Waals surface area contributed by atoms with Gasteiger partial charge in [-0.3, -0.25) is 14.9 Å². The zero-order chi connectivity index (χ0) is 17.4. The second kappa shape index (κ2) is 4.15. The Kier molecular flexibility index (Phi) is 2.31. The number of nitriles is 2.